The zero-order chi connectivity index (χ0) is 18.5. The van der Waals surface area contributed by atoms with Crippen molar-refractivity contribution in [2.75, 3.05) is 18.5 Å². The molecule has 2 N–H and O–H groups in total. The minimum atomic E-state index is -0.506. The first-order valence-electron chi connectivity index (χ1n) is 8.17. The Balaban J connectivity index is 1.68. The Hall–Kier alpha value is -2.15. The molecule has 2 heterocycles. The lowest BCUT2D eigenvalue weighted by molar-refractivity contribution is 0.0853. The number of ether oxygens (including phenoxy) is 1. The molecule has 1 saturated heterocycles. The zero-order valence-electron chi connectivity index (χ0n) is 13.8. The van der Waals surface area contributed by atoms with Crippen LogP contribution in [-0.2, 0) is 4.74 Å². The van der Waals surface area contributed by atoms with E-state index in [0.717, 1.165) is 19.4 Å². The van der Waals surface area contributed by atoms with Gasteiger partial charge in [0.15, 0.2) is 0 Å². The van der Waals surface area contributed by atoms with Gasteiger partial charge in [0.1, 0.15) is 11.4 Å². The number of hydrogen-bond acceptors (Lipinski definition) is 4. The molecule has 136 valence electrons. The Morgan fingerprint density at radius 3 is 2.38 bits per heavy atom. The van der Waals surface area contributed by atoms with Gasteiger partial charge in [0.2, 0.25) is 0 Å². The maximum absolute atomic E-state index is 12.4. The minimum absolute atomic E-state index is 0.0350. The average Bonchev–Trinajstić information content (AvgIpc) is 3.16. The molecule has 1 aromatic heterocycles. The molecule has 0 saturated carbocycles. The summed E-state index contributed by atoms with van der Waals surface area (Å²) in [6.45, 7) is 1.14. The summed E-state index contributed by atoms with van der Waals surface area (Å²) in [5.74, 6) is -0.861. The van der Waals surface area contributed by atoms with Crippen molar-refractivity contribution in [3.05, 3.63) is 57.8 Å². The smallest absolute Gasteiger partial charge is 0.274 e. The van der Waals surface area contributed by atoms with Gasteiger partial charge in [-0.1, -0.05) is 35.3 Å². The molecule has 1 fully saturated rings. The van der Waals surface area contributed by atoms with E-state index in [1.807, 2.05) is 0 Å². The van der Waals surface area contributed by atoms with Gasteiger partial charge >= 0.3 is 0 Å². The maximum Gasteiger partial charge on any atom is 0.274 e. The highest BCUT2D eigenvalue weighted by Gasteiger charge is 2.18. The maximum atomic E-state index is 12.4. The van der Waals surface area contributed by atoms with Crippen molar-refractivity contribution in [3.8, 4) is 0 Å². The number of hydrogen-bond donors (Lipinski definition) is 2. The Morgan fingerprint density at radius 2 is 1.73 bits per heavy atom. The van der Waals surface area contributed by atoms with E-state index in [1.54, 1.807) is 30.3 Å². The van der Waals surface area contributed by atoms with E-state index in [2.05, 4.69) is 15.6 Å². The molecule has 2 amide bonds. The predicted molar refractivity (Wildman–Crippen MR) is 100.0 cm³/mol. The molecule has 6 nitrogen and oxygen atoms in total. The molecule has 1 aliphatic rings. The zero-order valence-corrected chi connectivity index (χ0v) is 15.3. The third kappa shape index (κ3) is 4.52. The van der Waals surface area contributed by atoms with Gasteiger partial charge in [0, 0.05) is 13.2 Å². The van der Waals surface area contributed by atoms with E-state index >= 15 is 0 Å². The molecular weight excluding hydrogens is 377 g/mol. The van der Waals surface area contributed by atoms with E-state index in [9.17, 15) is 9.59 Å². The van der Waals surface area contributed by atoms with E-state index < -0.39 is 5.91 Å². The normalized spacial score (nSPS) is 16.3. The van der Waals surface area contributed by atoms with Crippen LogP contribution >= 0.6 is 23.2 Å². The van der Waals surface area contributed by atoms with Crippen LogP contribution in [0.1, 0.15) is 33.8 Å². The third-order valence-electron chi connectivity index (χ3n) is 3.93. The van der Waals surface area contributed by atoms with Gasteiger partial charge in [-0.2, -0.15) is 0 Å². The Bertz CT molecular complexity index is 803. The molecule has 26 heavy (non-hydrogen) atoms. The highest BCUT2D eigenvalue weighted by Crippen LogP contribution is 2.30. The molecule has 1 aromatic carbocycles. The number of rotatable bonds is 5. The van der Waals surface area contributed by atoms with Crippen LogP contribution in [0.5, 0.6) is 0 Å². The second-order valence-corrected chi connectivity index (χ2v) is 6.62. The number of pyridine rings is 1. The number of benzene rings is 1. The van der Waals surface area contributed by atoms with Crippen molar-refractivity contribution in [3.63, 3.8) is 0 Å². The number of nitrogens with one attached hydrogen (secondary N) is 2. The van der Waals surface area contributed by atoms with Gasteiger partial charge in [-0.05, 0) is 37.1 Å². The van der Waals surface area contributed by atoms with Crippen molar-refractivity contribution in [1.82, 2.24) is 10.3 Å². The summed E-state index contributed by atoms with van der Waals surface area (Å²) >= 11 is 12.1. The van der Waals surface area contributed by atoms with Crippen molar-refractivity contribution in [2.45, 2.75) is 18.9 Å². The van der Waals surface area contributed by atoms with E-state index in [4.69, 9.17) is 27.9 Å². The summed E-state index contributed by atoms with van der Waals surface area (Å²) in [6.07, 6.45) is 1.96. The van der Waals surface area contributed by atoms with Gasteiger partial charge in [-0.25, -0.2) is 4.98 Å². The molecule has 1 aliphatic heterocycles. The Morgan fingerprint density at radius 1 is 1.08 bits per heavy atom. The molecule has 1 unspecified atom stereocenters. The van der Waals surface area contributed by atoms with Crippen LogP contribution in [0.2, 0.25) is 10.0 Å². The lowest BCUT2D eigenvalue weighted by Crippen LogP contribution is -2.32. The Labute approximate surface area is 160 Å². The van der Waals surface area contributed by atoms with Crippen LogP contribution in [0.4, 0.5) is 5.69 Å². The molecule has 8 heteroatoms. The first kappa shape index (κ1) is 18.6. The SMILES string of the molecule is O=C(NCC1CCCO1)c1cccc(C(=O)Nc2c(Cl)cccc2Cl)n1. The summed E-state index contributed by atoms with van der Waals surface area (Å²) in [5.41, 5.74) is 0.544. The number of para-hydroxylation sites is 1. The summed E-state index contributed by atoms with van der Waals surface area (Å²) in [4.78, 5) is 28.8. The number of nitrogens with zero attached hydrogens (tertiary/aromatic N) is 1. The largest absolute Gasteiger partial charge is 0.376 e. The highest BCUT2D eigenvalue weighted by atomic mass is 35.5. The number of carbonyl (C=O) groups is 2. The van der Waals surface area contributed by atoms with Crippen LogP contribution in [0.25, 0.3) is 0 Å². The second kappa shape index (κ2) is 8.49. The van der Waals surface area contributed by atoms with E-state index in [-0.39, 0.29) is 23.4 Å². The molecule has 0 spiro atoms. The van der Waals surface area contributed by atoms with Crippen LogP contribution in [-0.4, -0.2) is 36.1 Å². The predicted octanol–water partition coefficient (Wildman–Crippen LogP) is 3.55. The summed E-state index contributed by atoms with van der Waals surface area (Å²) in [5, 5.41) is 6.03. The number of amides is 2. The molecule has 3 rings (SSSR count). The minimum Gasteiger partial charge on any atom is -0.376 e. The Kier molecular flexibility index (Phi) is 6.08. The van der Waals surface area contributed by atoms with Gasteiger partial charge in [0.25, 0.3) is 11.8 Å². The van der Waals surface area contributed by atoms with Crippen molar-refractivity contribution < 1.29 is 14.3 Å². The lowest BCUT2D eigenvalue weighted by atomic mass is 10.2. The summed E-state index contributed by atoms with van der Waals surface area (Å²) in [7, 11) is 0. The quantitative estimate of drug-likeness (QED) is 0.813. The second-order valence-electron chi connectivity index (χ2n) is 5.80. The molecule has 1 atom stereocenters. The monoisotopic (exact) mass is 393 g/mol. The molecule has 0 radical (unpaired) electrons. The topological polar surface area (TPSA) is 80.3 Å². The highest BCUT2D eigenvalue weighted by molar-refractivity contribution is 6.40. The molecular formula is C18H17Cl2N3O3. The van der Waals surface area contributed by atoms with Crippen molar-refractivity contribution >= 4 is 40.7 Å². The van der Waals surface area contributed by atoms with Gasteiger partial charge < -0.3 is 15.4 Å². The van der Waals surface area contributed by atoms with E-state index in [0.29, 0.717) is 22.3 Å². The first-order chi connectivity index (χ1) is 12.5. The number of anilines is 1. The fourth-order valence-electron chi connectivity index (χ4n) is 2.58. The molecule has 0 aliphatic carbocycles. The van der Waals surface area contributed by atoms with Gasteiger partial charge in [-0.3, -0.25) is 9.59 Å². The first-order valence-corrected chi connectivity index (χ1v) is 8.92. The van der Waals surface area contributed by atoms with Crippen LogP contribution < -0.4 is 10.6 Å². The molecule has 0 bridgehead atoms. The standard InChI is InChI=1S/C18H17Cl2N3O3/c19-12-5-1-6-13(20)16(12)23-18(25)15-8-2-7-14(22-15)17(24)21-10-11-4-3-9-26-11/h1-2,5-8,11H,3-4,9-10H2,(H,21,24)(H,23,25). The lowest BCUT2D eigenvalue weighted by Gasteiger charge is -2.11. The van der Waals surface area contributed by atoms with Crippen LogP contribution in [0.15, 0.2) is 36.4 Å². The van der Waals surface area contributed by atoms with Gasteiger partial charge in [-0.15, -0.1) is 0 Å². The van der Waals surface area contributed by atoms with Crippen LogP contribution in [0.3, 0.4) is 0 Å². The summed E-state index contributed by atoms with van der Waals surface area (Å²) < 4.78 is 5.47. The fourth-order valence-corrected chi connectivity index (χ4v) is 3.08. The van der Waals surface area contributed by atoms with Crippen molar-refractivity contribution in [1.29, 1.82) is 0 Å². The average molecular weight is 394 g/mol. The number of aromatic nitrogens is 1. The molecule has 2 aromatic rings. The van der Waals surface area contributed by atoms with Crippen LogP contribution in [0, 0.1) is 0 Å². The van der Waals surface area contributed by atoms with E-state index in [1.165, 1.54) is 6.07 Å². The third-order valence-corrected chi connectivity index (χ3v) is 4.56. The van der Waals surface area contributed by atoms with Gasteiger partial charge in [0.05, 0.1) is 21.8 Å². The summed E-state index contributed by atoms with van der Waals surface area (Å²) in [6, 6.07) is 9.56. The fraction of sp³-hybridized carbons (Fsp3) is 0.278. The number of halogens is 2. The van der Waals surface area contributed by atoms with Crippen molar-refractivity contribution in [2.24, 2.45) is 0 Å². The number of carbonyl (C=O) groups excluding carboxylic acids is 2.